The van der Waals surface area contributed by atoms with Crippen molar-refractivity contribution in [1.29, 1.82) is 0 Å². The number of hydrogen-bond acceptors (Lipinski definition) is 5. The Labute approximate surface area is 200 Å². The Morgan fingerprint density at radius 2 is 1.44 bits per heavy atom. The van der Waals surface area contributed by atoms with Crippen molar-refractivity contribution in [1.82, 2.24) is 0 Å². The molecule has 3 aromatic carbocycles. The molecule has 0 unspecified atom stereocenters. The van der Waals surface area contributed by atoms with Crippen molar-refractivity contribution in [3.05, 3.63) is 78.9 Å². The van der Waals surface area contributed by atoms with E-state index >= 15 is 0 Å². The van der Waals surface area contributed by atoms with E-state index in [2.05, 4.69) is 16.0 Å². The lowest BCUT2D eigenvalue weighted by atomic mass is 9.95. The third kappa shape index (κ3) is 7.85. The lowest BCUT2D eigenvalue weighted by Gasteiger charge is -2.18. The van der Waals surface area contributed by atoms with Crippen molar-refractivity contribution in [2.45, 2.75) is 20.8 Å². The van der Waals surface area contributed by atoms with Crippen molar-refractivity contribution in [3.63, 3.8) is 0 Å². The number of amides is 2. The van der Waals surface area contributed by atoms with E-state index < -0.39 is 5.41 Å². The highest BCUT2D eigenvalue weighted by atomic mass is 16.5. The lowest BCUT2D eigenvalue weighted by molar-refractivity contribution is -0.123. The number of carbonyl (C=O) groups excluding carboxylic acids is 2. The van der Waals surface area contributed by atoms with Gasteiger partial charge in [0.25, 0.3) is 0 Å². The summed E-state index contributed by atoms with van der Waals surface area (Å²) in [6.07, 6.45) is 0. The summed E-state index contributed by atoms with van der Waals surface area (Å²) in [6.45, 7) is 6.34. The van der Waals surface area contributed by atoms with Crippen LogP contribution in [0.3, 0.4) is 0 Å². The van der Waals surface area contributed by atoms with Crippen LogP contribution >= 0.6 is 0 Å². The summed E-state index contributed by atoms with van der Waals surface area (Å²) in [6, 6.07) is 24.0. The molecule has 0 fully saturated rings. The quantitative estimate of drug-likeness (QED) is 0.362. The Morgan fingerprint density at radius 3 is 2.21 bits per heavy atom. The summed E-state index contributed by atoms with van der Waals surface area (Å²) < 4.78 is 11.4. The first-order valence-corrected chi connectivity index (χ1v) is 11.2. The van der Waals surface area contributed by atoms with Gasteiger partial charge in [-0.05, 0) is 42.5 Å². The van der Waals surface area contributed by atoms with Gasteiger partial charge in [-0.1, -0.05) is 57.2 Å². The van der Waals surface area contributed by atoms with Crippen molar-refractivity contribution >= 4 is 28.9 Å². The number of rotatable bonds is 10. The highest BCUT2D eigenvalue weighted by molar-refractivity contribution is 5.96. The predicted molar refractivity (Wildman–Crippen MR) is 136 cm³/mol. The summed E-state index contributed by atoms with van der Waals surface area (Å²) in [5, 5.41) is 8.84. The van der Waals surface area contributed by atoms with Gasteiger partial charge in [0.15, 0.2) is 0 Å². The average Bonchev–Trinajstić information content (AvgIpc) is 2.82. The van der Waals surface area contributed by atoms with Gasteiger partial charge in [-0.25, -0.2) is 0 Å². The smallest absolute Gasteiger partial charge is 0.243 e. The van der Waals surface area contributed by atoms with E-state index in [1.54, 1.807) is 18.2 Å². The molecule has 0 aliphatic heterocycles. The summed E-state index contributed by atoms with van der Waals surface area (Å²) in [7, 11) is 0. The summed E-state index contributed by atoms with van der Waals surface area (Å²) in [5.41, 5.74) is 1.48. The van der Waals surface area contributed by atoms with Gasteiger partial charge in [0.2, 0.25) is 11.8 Å². The van der Waals surface area contributed by atoms with E-state index in [4.69, 9.17) is 9.47 Å². The molecule has 0 atom stereocenters. The van der Waals surface area contributed by atoms with Crippen molar-refractivity contribution in [2.75, 3.05) is 35.7 Å². The summed E-state index contributed by atoms with van der Waals surface area (Å²) in [5.74, 6) is 1.05. The van der Waals surface area contributed by atoms with Crippen LogP contribution in [0.4, 0.5) is 17.1 Å². The maximum absolute atomic E-state index is 12.5. The number of carbonyl (C=O) groups is 2. The zero-order valence-electron chi connectivity index (χ0n) is 19.8. The number of anilines is 3. The topological polar surface area (TPSA) is 88.7 Å². The molecule has 2 amide bonds. The molecule has 0 aliphatic rings. The molecule has 0 bridgehead atoms. The van der Waals surface area contributed by atoms with Crippen LogP contribution in [-0.4, -0.2) is 31.6 Å². The molecule has 0 spiro atoms. The highest BCUT2D eigenvalue weighted by Crippen LogP contribution is 2.24. The first-order chi connectivity index (χ1) is 16.3. The van der Waals surface area contributed by atoms with Crippen LogP contribution in [0.2, 0.25) is 0 Å². The van der Waals surface area contributed by atoms with Gasteiger partial charge in [-0.3, -0.25) is 9.59 Å². The fourth-order valence-corrected chi connectivity index (χ4v) is 2.93. The number of hydrogen-bond donors (Lipinski definition) is 3. The van der Waals surface area contributed by atoms with Gasteiger partial charge in [0.05, 0.1) is 12.2 Å². The second-order valence-electron chi connectivity index (χ2n) is 8.69. The molecule has 0 aromatic heterocycles. The summed E-state index contributed by atoms with van der Waals surface area (Å²) in [4.78, 5) is 24.7. The molecule has 3 aromatic rings. The van der Waals surface area contributed by atoms with Crippen LogP contribution in [0, 0.1) is 5.41 Å². The molecule has 0 radical (unpaired) electrons. The molecule has 3 rings (SSSR count). The standard InChI is InChI=1S/C27H31N3O4/c1-27(2,3)26(32)29-21-11-9-10-20(18-21)28-19-25(31)30-23-14-7-8-15-24(23)34-17-16-33-22-12-5-4-6-13-22/h4-15,18,28H,16-17,19H2,1-3H3,(H,29,32)(H,30,31). The monoisotopic (exact) mass is 461 g/mol. The minimum atomic E-state index is -0.494. The molecular formula is C27H31N3O4. The molecule has 7 heteroatoms. The Hall–Kier alpha value is -4.00. The van der Waals surface area contributed by atoms with E-state index in [0.29, 0.717) is 30.3 Å². The molecule has 0 saturated heterocycles. The predicted octanol–water partition coefficient (Wildman–Crippen LogP) is 5.18. The Balaban J connectivity index is 1.49. The summed E-state index contributed by atoms with van der Waals surface area (Å²) >= 11 is 0. The van der Waals surface area contributed by atoms with Gasteiger partial charge < -0.3 is 25.4 Å². The normalized spacial score (nSPS) is 10.8. The third-order valence-electron chi connectivity index (χ3n) is 4.77. The highest BCUT2D eigenvalue weighted by Gasteiger charge is 2.21. The molecule has 34 heavy (non-hydrogen) atoms. The SMILES string of the molecule is CC(C)(C)C(=O)Nc1cccc(NCC(=O)Nc2ccccc2OCCOc2ccccc2)c1. The van der Waals surface area contributed by atoms with E-state index in [1.165, 1.54) is 0 Å². The minimum absolute atomic E-state index is 0.0577. The van der Waals surface area contributed by atoms with Crippen LogP contribution in [0.5, 0.6) is 11.5 Å². The molecule has 3 N–H and O–H groups in total. The van der Waals surface area contributed by atoms with Gasteiger partial charge in [0, 0.05) is 16.8 Å². The Bertz CT molecular complexity index is 1090. The molecule has 178 valence electrons. The maximum atomic E-state index is 12.5. The molecule has 0 saturated carbocycles. The largest absolute Gasteiger partial charge is 0.490 e. The zero-order chi connectivity index (χ0) is 24.4. The fourth-order valence-electron chi connectivity index (χ4n) is 2.93. The lowest BCUT2D eigenvalue weighted by Crippen LogP contribution is -2.27. The number of benzene rings is 3. The van der Waals surface area contributed by atoms with Crippen LogP contribution in [-0.2, 0) is 9.59 Å². The number of nitrogens with one attached hydrogen (secondary N) is 3. The Kier molecular flexibility index (Phi) is 8.51. The van der Waals surface area contributed by atoms with E-state index in [0.717, 1.165) is 11.4 Å². The first-order valence-electron chi connectivity index (χ1n) is 11.2. The molecule has 0 aliphatic carbocycles. The maximum Gasteiger partial charge on any atom is 0.243 e. The van der Waals surface area contributed by atoms with Crippen molar-refractivity contribution in [2.24, 2.45) is 5.41 Å². The Morgan fingerprint density at radius 1 is 0.765 bits per heavy atom. The van der Waals surface area contributed by atoms with E-state index in [1.807, 2.05) is 81.4 Å². The number of para-hydroxylation sites is 3. The van der Waals surface area contributed by atoms with Gasteiger partial charge >= 0.3 is 0 Å². The van der Waals surface area contributed by atoms with E-state index in [-0.39, 0.29) is 18.4 Å². The fraction of sp³-hybridized carbons (Fsp3) is 0.259. The second kappa shape index (κ2) is 11.7. The van der Waals surface area contributed by atoms with Crippen molar-refractivity contribution in [3.8, 4) is 11.5 Å². The molecule has 0 heterocycles. The molecular weight excluding hydrogens is 430 g/mol. The van der Waals surface area contributed by atoms with Crippen LogP contribution in [0.15, 0.2) is 78.9 Å². The minimum Gasteiger partial charge on any atom is -0.490 e. The van der Waals surface area contributed by atoms with Gasteiger partial charge in [-0.2, -0.15) is 0 Å². The van der Waals surface area contributed by atoms with Gasteiger partial charge in [0.1, 0.15) is 24.7 Å². The number of ether oxygens (including phenoxy) is 2. The van der Waals surface area contributed by atoms with Crippen molar-refractivity contribution < 1.29 is 19.1 Å². The van der Waals surface area contributed by atoms with Crippen LogP contribution in [0.1, 0.15) is 20.8 Å². The second-order valence-corrected chi connectivity index (χ2v) is 8.69. The average molecular weight is 462 g/mol. The first kappa shape index (κ1) is 24.6. The van der Waals surface area contributed by atoms with Crippen LogP contribution < -0.4 is 25.4 Å². The molecule has 7 nitrogen and oxygen atoms in total. The van der Waals surface area contributed by atoms with E-state index in [9.17, 15) is 9.59 Å². The van der Waals surface area contributed by atoms with Crippen LogP contribution in [0.25, 0.3) is 0 Å². The zero-order valence-corrected chi connectivity index (χ0v) is 19.8. The third-order valence-corrected chi connectivity index (χ3v) is 4.77. The van der Waals surface area contributed by atoms with Gasteiger partial charge in [-0.15, -0.1) is 0 Å².